The smallest absolute Gasteiger partial charge is 0.329 e. The summed E-state index contributed by atoms with van der Waals surface area (Å²) in [6.45, 7) is 1.74. The number of hydrogen-bond donors (Lipinski definition) is 0. The Kier molecular flexibility index (Phi) is 5.28. The summed E-state index contributed by atoms with van der Waals surface area (Å²) in [7, 11) is 0. The van der Waals surface area contributed by atoms with E-state index in [0.29, 0.717) is 6.54 Å². The lowest BCUT2D eigenvalue weighted by molar-refractivity contribution is -0.157. The second-order valence-electron chi connectivity index (χ2n) is 5.66. The number of piperazine rings is 1. The zero-order valence-electron chi connectivity index (χ0n) is 12.8. The molecule has 0 aliphatic carbocycles. The second-order valence-corrected chi connectivity index (χ2v) is 5.66. The summed E-state index contributed by atoms with van der Waals surface area (Å²) in [5.41, 5.74) is 0.909. The van der Waals surface area contributed by atoms with E-state index in [4.69, 9.17) is 0 Å². The van der Waals surface area contributed by atoms with Gasteiger partial charge in [-0.3, -0.25) is 9.59 Å². The first-order valence-electron chi connectivity index (χ1n) is 7.47. The molecule has 23 heavy (non-hydrogen) atoms. The number of alkyl halides is 3. The quantitative estimate of drug-likeness (QED) is 0.833. The Morgan fingerprint density at radius 2 is 1.83 bits per heavy atom. The van der Waals surface area contributed by atoms with E-state index in [1.807, 2.05) is 30.3 Å². The van der Waals surface area contributed by atoms with E-state index in [9.17, 15) is 22.8 Å². The molecule has 0 bridgehead atoms. The van der Waals surface area contributed by atoms with Crippen LogP contribution in [0.5, 0.6) is 0 Å². The Morgan fingerprint density at radius 3 is 2.43 bits per heavy atom. The zero-order chi connectivity index (χ0) is 17.0. The molecule has 1 aromatic rings. The molecule has 1 fully saturated rings. The highest BCUT2D eigenvalue weighted by Crippen LogP contribution is 2.23. The van der Waals surface area contributed by atoms with Crippen LogP contribution in [0.1, 0.15) is 25.3 Å². The van der Waals surface area contributed by atoms with Crippen LogP contribution in [0.25, 0.3) is 0 Å². The maximum Gasteiger partial charge on any atom is 0.389 e. The van der Waals surface area contributed by atoms with Crippen molar-refractivity contribution in [1.29, 1.82) is 0 Å². The van der Waals surface area contributed by atoms with Gasteiger partial charge in [0.1, 0.15) is 12.6 Å². The summed E-state index contributed by atoms with van der Waals surface area (Å²) in [6, 6.07) is 8.54. The molecule has 0 aromatic heterocycles. The molecule has 7 heteroatoms. The molecular formula is C16H19F3N2O2. The van der Waals surface area contributed by atoms with E-state index in [1.165, 1.54) is 9.80 Å². The molecule has 1 aromatic carbocycles. The molecule has 1 aliphatic rings. The van der Waals surface area contributed by atoms with Crippen molar-refractivity contribution >= 4 is 11.8 Å². The average molecular weight is 328 g/mol. The van der Waals surface area contributed by atoms with Gasteiger partial charge < -0.3 is 9.80 Å². The van der Waals surface area contributed by atoms with E-state index in [-0.39, 0.29) is 31.3 Å². The lowest BCUT2D eigenvalue weighted by Gasteiger charge is -2.39. The topological polar surface area (TPSA) is 40.6 Å². The van der Waals surface area contributed by atoms with Crippen molar-refractivity contribution in [3.05, 3.63) is 35.9 Å². The summed E-state index contributed by atoms with van der Waals surface area (Å²) in [5, 5.41) is 0. The number of rotatable bonds is 5. The highest BCUT2D eigenvalue weighted by molar-refractivity contribution is 5.94. The molecule has 1 atom stereocenters. The fraction of sp³-hybridized carbons (Fsp3) is 0.500. The van der Waals surface area contributed by atoms with Crippen LogP contribution in [0.4, 0.5) is 13.2 Å². The van der Waals surface area contributed by atoms with E-state index < -0.39 is 18.6 Å². The molecule has 1 aliphatic heterocycles. The van der Waals surface area contributed by atoms with Gasteiger partial charge in [0, 0.05) is 19.5 Å². The standard InChI is InChI=1S/C16H19F3N2O2/c1-12-15(23)20(10-13-6-3-2-4-7-13)11-14(22)21(12)9-5-8-16(17,18)19/h2-4,6-7,12H,5,8-11H2,1H3/t12-/m0/s1. The van der Waals surface area contributed by atoms with Crippen molar-refractivity contribution in [2.45, 2.75) is 38.5 Å². The van der Waals surface area contributed by atoms with Crippen LogP contribution < -0.4 is 0 Å². The highest BCUT2D eigenvalue weighted by atomic mass is 19.4. The Bertz CT molecular complexity index is 560. The SMILES string of the molecule is C[C@H]1C(=O)N(Cc2ccccc2)CC(=O)N1CCCC(F)(F)F. The molecular weight excluding hydrogens is 309 g/mol. The van der Waals surface area contributed by atoms with E-state index in [0.717, 1.165) is 5.56 Å². The molecule has 2 amide bonds. The number of amides is 2. The lowest BCUT2D eigenvalue weighted by atomic mass is 10.1. The molecule has 2 rings (SSSR count). The minimum atomic E-state index is -4.24. The Morgan fingerprint density at radius 1 is 1.17 bits per heavy atom. The number of benzene rings is 1. The molecule has 4 nitrogen and oxygen atoms in total. The minimum absolute atomic E-state index is 0.0512. The minimum Gasteiger partial charge on any atom is -0.329 e. The van der Waals surface area contributed by atoms with Gasteiger partial charge in [0.25, 0.3) is 0 Å². The van der Waals surface area contributed by atoms with Gasteiger partial charge in [0.15, 0.2) is 0 Å². The molecule has 0 spiro atoms. The molecule has 1 saturated heterocycles. The predicted octanol–water partition coefficient (Wildman–Crippen LogP) is 2.59. The Labute approximate surface area is 132 Å². The van der Waals surface area contributed by atoms with Crippen LogP contribution in [0.3, 0.4) is 0 Å². The third-order valence-electron chi connectivity index (χ3n) is 3.86. The molecule has 126 valence electrons. The summed E-state index contributed by atoms with van der Waals surface area (Å²) in [6.07, 6.45) is -5.39. The van der Waals surface area contributed by atoms with Crippen molar-refractivity contribution in [3.8, 4) is 0 Å². The van der Waals surface area contributed by atoms with Crippen molar-refractivity contribution in [2.75, 3.05) is 13.1 Å². The Hall–Kier alpha value is -2.05. The van der Waals surface area contributed by atoms with Crippen LogP contribution in [-0.2, 0) is 16.1 Å². The van der Waals surface area contributed by atoms with Gasteiger partial charge in [-0.25, -0.2) is 0 Å². The maximum atomic E-state index is 12.4. The lowest BCUT2D eigenvalue weighted by Crippen LogP contribution is -2.58. The van der Waals surface area contributed by atoms with E-state index in [1.54, 1.807) is 6.92 Å². The van der Waals surface area contributed by atoms with Crippen LogP contribution >= 0.6 is 0 Å². The van der Waals surface area contributed by atoms with Crippen molar-refractivity contribution in [3.63, 3.8) is 0 Å². The molecule has 0 radical (unpaired) electrons. The fourth-order valence-corrected chi connectivity index (χ4v) is 2.65. The summed E-state index contributed by atoms with van der Waals surface area (Å²) in [5.74, 6) is -0.546. The highest BCUT2D eigenvalue weighted by Gasteiger charge is 2.36. The van der Waals surface area contributed by atoms with Crippen molar-refractivity contribution < 1.29 is 22.8 Å². The van der Waals surface area contributed by atoms with Gasteiger partial charge in [-0.15, -0.1) is 0 Å². The van der Waals surface area contributed by atoms with Gasteiger partial charge in [-0.2, -0.15) is 13.2 Å². The van der Waals surface area contributed by atoms with Crippen LogP contribution in [0.2, 0.25) is 0 Å². The van der Waals surface area contributed by atoms with Gasteiger partial charge in [0.05, 0.1) is 0 Å². The normalized spacial score (nSPS) is 19.4. The van der Waals surface area contributed by atoms with Gasteiger partial charge in [-0.1, -0.05) is 30.3 Å². The van der Waals surface area contributed by atoms with Crippen LogP contribution in [0, 0.1) is 0 Å². The molecule has 1 heterocycles. The monoisotopic (exact) mass is 328 g/mol. The maximum absolute atomic E-state index is 12.4. The molecule has 0 N–H and O–H groups in total. The predicted molar refractivity (Wildman–Crippen MR) is 78.3 cm³/mol. The van der Waals surface area contributed by atoms with Crippen molar-refractivity contribution in [2.24, 2.45) is 0 Å². The zero-order valence-corrected chi connectivity index (χ0v) is 12.8. The van der Waals surface area contributed by atoms with Crippen LogP contribution in [0.15, 0.2) is 30.3 Å². The number of carbonyl (C=O) groups is 2. The Balaban J connectivity index is 1.96. The van der Waals surface area contributed by atoms with Crippen LogP contribution in [-0.4, -0.2) is 46.9 Å². The van der Waals surface area contributed by atoms with Crippen molar-refractivity contribution in [1.82, 2.24) is 9.80 Å². The summed E-state index contributed by atoms with van der Waals surface area (Å²) < 4.78 is 36.6. The largest absolute Gasteiger partial charge is 0.389 e. The third kappa shape index (κ3) is 4.71. The van der Waals surface area contributed by atoms with Gasteiger partial charge in [0.2, 0.25) is 11.8 Å². The number of nitrogens with zero attached hydrogens (tertiary/aromatic N) is 2. The third-order valence-corrected chi connectivity index (χ3v) is 3.86. The van der Waals surface area contributed by atoms with Gasteiger partial charge >= 0.3 is 6.18 Å². The fourth-order valence-electron chi connectivity index (χ4n) is 2.65. The number of carbonyl (C=O) groups excluding carboxylic acids is 2. The number of halogens is 3. The first-order valence-corrected chi connectivity index (χ1v) is 7.47. The summed E-state index contributed by atoms with van der Waals surface area (Å²) in [4.78, 5) is 27.2. The molecule has 0 saturated carbocycles. The summed E-state index contributed by atoms with van der Waals surface area (Å²) >= 11 is 0. The average Bonchev–Trinajstić information content (AvgIpc) is 2.48. The van der Waals surface area contributed by atoms with E-state index >= 15 is 0 Å². The first-order chi connectivity index (χ1) is 10.8. The first kappa shape index (κ1) is 17.3. The second kappa shape index (κ2) is 7.02. The molecule has 0 unspecified atom stereocenters. The van der Waals surface area contributed by atoms with E-state index in [2.05, 4.69) is 0 Å². The number of hydrogen-bond acceptors (Lipinski definition) is 2. The van der Waals surface area contributed by atoms with Gasteiger partial charge in [-0.05, 0) is 18.9 Å².